The number of carbonyl (C=O) groups is 1. The van der Waals surface area contributed by atoms with E-state index >= 15 is 0 Å². The first-order valence-electron chi connectivity index (χ1n) is 8.90. The molecule has 6 nitrogen and oxygen atoms in total. The van der Waals surface area contributed by atoms with Gasteiger partial charge in [0.2, 0.25) is 5.17 Å². The van der Waals surface area contributed by atoms with Crippen molar-refractivity contribution < 1.29 is 9.53 Å². The summed E-state index contributed by atoms with van der Waals surface area (Å²) in [6, 6.07) is 17.3. The number of amides is 1. The SMILES string of the molecule is CCC1=NN2C(=N)/C(=C\c3ccc(OCc4ccccc4)cc3)C(=O)N=C2S1. The molecule has 0 spiro atoms. The number of hydrazone groups is 1. The molecule has 140 valence electrons. The molecule has 0 radical (unpaired) electrons. The van der Waals surface area contributed by atoms with Crippen molar-refractivity contribution in [1.82, 2.24) is 5.01 Å². The highest BCUT2D eigenvalue weighted by Gasteiger charge is 2.34. The molecule has 0 unspecified atom stereocenters. The number of ether oxygens (including phenoxy) is 1. The molecule has 7 heteroatoms. The molecule has 1 N–H and O–H groups in total. The van der Waals surface area contributed by atoms with Gasteiger partial charge in [0, 0.05) is 0 Å². The van der Waals surface area contributed by atoms with Crippen LogP contribution in [0.1, 0.15) is 24.5 Å². The van der Waals surface area contributed by atoms with E-state index in [0.717, 1.165) is 28.3 Å². The van der Waals surface area contributed by atoms with Gasteiger partial charge in [0.1, 0.15) is 17.4 Å². The van der Waals surface area contributed by atoms with E-state index in [1.807, 2.05) is 61.5 Å². The van der Waals surface area contributed by atoms with Crippen LogP contribution in [0.4, 0.5) is 0 Å². The van der Waals surface area contributed by atoms with Crippen molar-refractivity contribution >= 4 is 39.8 Å². The summed E-state index contributed by atoms with van der Waals surface area (Å²) in [6.07, 6.45) is 2.40. The van der Waals surface area contributed by atoms with Gasteiger partial charge in [-0.05, 0) is 47.5 Å². The van der Waals surface area contributed by atoms with Crippen LogP contribution in [0.15, 0.2) is 70.3 Å². The van der Waals surface area contributed by atoms with E-state index in [0.29, 0.717) is 11.8 Å². The number of carbonyl (C=O) groups excluding carboxylic acids is 1. The number of thioether (sulfide) groups is 1. The summed E-state index contributed by atoms with van der Waals surface area (Å²) in [6.45, 7) is 2.47. The van der Waals surface area contributed by atoms with Gasteiger partial charge in [-0.2, -0.15) is 15.1 Å². The summed E-state index contributed by atoms with van der Waals surface area (Å²) in [7, 11) is 0. The van der Waals surface area contributed by atoms with Gasteiger partial charge in [-0.3, -0.25) is 10.2 Å². The van der Waals surface area contributed by atoms with Crippen LogP contribution in [-0.2, 0) is 11.4 Å². The first kappa shape index (κ1) is 18.2. The molecular weight excluding hydrogens is 372 g/mol. The number of amidine groups is 2. The molecule has 0 aromatic heterocycles. The molecule has 2 aromatic carbocycles. The molecule has 28 heavy (non-hydrogen) atoms. The fraction of sp³-hybridized carbons (Fsp3) is 0.143. The topological polar surface area (TPSA) is 78.1 Å². The zero-order valence-corrected chi connectivity index (χ0v) is 16.1. The van der Waals surface area contributed by atoms with E-state index < -0.39 is 5.91 Å². The number of hydrogen-bond acceptors (Lipinski definition) is 5. The minimum absolute atomic E-state index is 0.0513. The molecule has 2 aliphatic heterocycles. The summed E-state index contributed by atoms with van der Waals surface area (Å²) < 4.78 is 5.78. The first-order valence-corrected chi connectivity index (χ1v) is 9.71. The number of hydrogen-bond donors (Lipinski definition) is 1. The zero-order chi connectivity index (χ0) is 19.5. The van der Waals surface area contributed by atoms with E-state index in [9.17, 15) is 4.79 Å². The van der Waals surface area contributed by atoms with Crippen LogP contribution in [0.2, 0.25) is 0 Å². The monoisotopic (exact) mass is 390 g/mol. The summed E-state index contributed by atoms with van der Waals surface area (Å²) in [5.74, 6) is 0.376. The third-order valence-electron chi connectivity index (χ3n) is 4.24. The van der Waals surface area contributed by atoms with Crippen LogP contribution in [0.3, 0.4) is 0 Å². The van der Waals surface area contributed by atoms with Gasteiger partial charge in [0.15, 0.2) is 5.84 Å². The largest absolute Gasteiger partial charge is 0.489 e. The van der Waals surface area contributed by atoms with Crippen LogP contribution >= 0.6 is 11.8 Å². The fourth-order valence-corrected chi connectivity index (χ4v) is 3.57. The second kappa shape index (κ2) is 7.82. The normalized spacial score (nSPS) is 17.5. The van der Waals surface area contributed by atoms with E-state index in [1.54, 1.807) is 6.08 Å². The smallest absolute Gasteiger partial charge is 0.283 e. The quantitative estimate of drug-likeness (QED) is 0.773. The molecule has 0 saturated heterocycles. The second-order valence-corrected chi connectivity index (χ2v) is 7.25. The van der Waals surface area contributed by atoms with Gasteiger partial charge in [0.25, 0.3) is 5.91 Å². The molecule has 2 aromatic rings. The Morgan fingerprint density at radius 1 is 1.14 bits per heavy atom. The molecule has 0 fully saturated rings. The van der Waals surface area contributed by atoms with Crippen molar-refractivity contribution in [3.63, 3.8) is 0 Å². The summed E-state index contributed by atoms with van der Waals surface area (Å²) >= 11 is 1.34. The van der Waals surface area contributed by atoms with Crippen molar-refractivity contribution in [2.24, 2.45) is 10.1 Å². The third-order valence-corrected chi connectivity index (χ3v) is 5.29. The lowest BCUT2D eigenvalue weighted by Crippen LogP contribution is -2.35. The maximum atomic E-state index is 12.4. The van der Waals surface area contributed by atoms with Gasteiger partial charge in [-0.1, -0.05) is 49.4 Å². The molecular formula is C21H18N4O2S. The van der Waals surface area contributed by atoms with Crippen molar-refractivity contribution in [2.75, 3.05) is 0 Å². The van der Waals surface area contributed by atoms with Crippen LogP contribution in [0.5, 0.6) is 5.75 Å². The van der Waals surface area contributed by atoms with Crippen LogP contribution in [0, 0.1) is 5.41 Å². The Morgan fingerprint density at radius 2 is 1.89 bits per heavy atom. The van der Waals surface area contributed by atoms with Crippen molar-refractivity contribution in [3.8, 4) is 5.75 Å². The van der Waals surface area contributed by atoms with Crippen LogP contribution < -0.4 is 4.74 Å². The minimum atomic E-state index is -0.416. The Hall–Kier alpha value is -3.19. The van der Waals surface area contributed by atoms with Gasteiger partial charge >= 0.3 is 0 Å². The van der Waals surface area contributed by atoms with E-state index in [4.69, 9.17) is 10.1 Å². The molecule has 0 bridgehead atoms. The average Bonchev–Trinajstić information content (AvgIpc) is 3.14. The Bertz CT molecular complexity index is 1010. The number of rotatable bonds is 5. The molecule has 0 atom stereocenters. The Morgan fingerprint density at radius 3 is 2.61 bits per heavy atom. The van der Waals surface area contributed by atoms with Crippen molar-refractivity contribution in [2.45, 2.75) is 20.0 Å². The lowest BCUT2D eigenvalue weighted by atomic mass is 10.1. The Labute approximate surface area is 167 Å². The fourth-order valence-electron chi connectivity index (χ4n) is 2.74. The second-order valence-electron chi connectivity index (χ2n) is 6.21. The van der Waals surface area contributed by atoms with Gasteiger partial charge in [0.05, 0.1) is 5.57 Å². The van der Waals surface area contributed by atoms with Crippen LogP contribution in [0.25, 0.3) is 6.08 Å². The molecule has 0 aliphatic carbocycles. The first-order chi connectivity index (χ1) is 13.6. The molecule has 2 aliphatic rings. The minimum Gasteiger partial charge on any atom is -0.489 e. The lowest BCUT2D eigenvalue weighted by Gasteiger charge is -2.20. The van der Waals surface area contributed by atoms with Crippen molar-refractivity contribution in [1.29, 1.82) is 5.41 Å². The summed E-state index contributed by atoms with van der Waals surface area (Å²) in [4.78, 5) is 16.4. The zero-order valence-electron chi connectivity index (χ0n) is 15.3. The van der Waals surface area contributed by atoms with Gasteiger partial charge in [-0.15, -0.1) is 0 Å². The number of fused-ring (bicyclic) bond motifs is 1. The number of aliphatic imine (C=N–C) groups is 1. The third kappa shape index (κ3) is 3.75. The Kier molecular flexibility index (Phi) is 5.08. The molecule has 1 amide bonds. The summed E-state index contributed by atoms with van der Waals surface area (Å²) in [5.41, 5.74) is 2.12. The highest BCUT2D eigenvalue weighted by Crippen LogP contribution is 2.29. The highest BCUT2D eigenvalue weighted by atomic mass is 32.2. The standard InChI is InChI=1S/C21H18N4O2S/c1-2-18-24-25-19(22)17(20(26)23-21(25)28-18)12-14-8-10-16(11-9-14)27-13-15-6-4-3-5-7-15/h3-12,22H,2,13H2,1H3/b17-12+,22-19?. The number of benzene rings is 2. The predicted octanol–water partition coefficient (Wildman–Crippen LogP) is 4.29. The summed E-state index contributed by atoms with van der Waals surface area (Å²) in [5, 5.41) is 15.4. The van der Waals surface area contributed by atoms with Crippen LogP contribution in [-0.4, -0.2) is 27.0 Å². The number of nitrogens with one attached hydrogen (secondary N) is 1. The van der Waals surface area contributed by atoms with E-state index in [-0.39, 0.29) is 11.4 Å². The predicted molar refractivity (Wildman–Crippen MR) is 113 cm³/mol. The molecule has 2 heterocycles. The van der Waals surface area contributed by atoms with Crippen molar-refractivity contribution in [3.05, 3.63) is 71.3 Å². The number of nitrogens with zero attached hydrogens (tertiary/aromatic N) is 3. The van der Waals surface area contributed by atoms with E-state index in [2.05, 4.69) is 10.1 Å². The van der Waals surface area contributed by atoms with Gasteiger partial charge in [-0.25, -0.2) is 0 Å². The molecule has 0 saturated carbocycles. The Balaban J connectivity index is 1.49. The maximum Gasteiger partial charge on any atom is 0.283 e. The molecule has 4 rings (SSSR count). The average molecular weight is 390 g/mol. The lowest BCUT2D eigenvalue weighted by molar-refractivity contribution is -0.114. The maximum absolute atomic E-state index is 12.4. The highest BCUT2D eigenvalue weighted by molar-refractivity contribution is 8.26. The van der Waals surface area contributed by atoms with Gasteiger partial charge < -0.3 is 4.74 Å². The van der Waals surface area contributed by atoms with E-state index in [1.165, 1.54) is 16.8 Å².